The number of nitrogens with two attached hydrogens (primary N) is 1. The third-order valence-corrected chi connectivity index (χ3v) is 3.28. The fourth-order valence-corrected chi connectivity index (χ4v) is 2.39. The molecule has 18 heavy (non-hydrogen) atoms. The Bertz CT molecular complexity index is 420. The van der Waals surface area contributed by atoms with Gasteiger partial charge >= 0.3 is 5.97 Å². The molecular weight excluding hydrogens is 228 g/mol. The zero-order valence-corrected chi connectivity index (χ0v) is 10.8. The first-order valence-electron chi connectivity index (χ1n) is 6.48. The molecule has 2 rings (SSSR count). The summed E-state index contributed by atoms with van der Waals surface area (Å²) in [6.07, 6.45) is 1.93. The van der Waals surface area contributed by atoms with Gasteiger partial charge in [-0.25, -0.2) is 0 Å². The highest BCUT2D eigenvalue weighted by molar-refractivity contribution is 5.73. The topological polar surface area (TPSA) is 55.6 Å². The predicted octanol–water partition coefficient (Wildman–Crippen LogP) is 2.05. The average Bonchev–Trinajstić information content (AvgIpc) is 2.39. The summed E-state index contributed by atoms with van der Waals surface area (Å²) in [6, 6.07) is 7.80. The summed E-state index contributed by atoms with van der Waals surface area (Å²) in [6.45, 7) is 3.99. The molecule has 1 aromatic rings. The molecule has 1 heterocycles. The number of carbonyl (C=O) groups excluding carboxylic acids is 1. The van der Waals surface area contributed by atoms with Gasteiger partial charge in [0.2, 0.25) is 0 Å². The van der Waals surface area contributed by atoms with Crippen molar-refractivity contribution in [2.45, 2.75) is 19.8 Å². The third kappa shape index (κ3) is 2.94. The number of carbonyl (C=O) groups is 1. The van der Waals surface area contributed by atoms with Crippen molar-refractivity contribution in [3.63, 3.8) is 0 Å². The van der Waals surface area contributed by atoms with Crippen molar-refractivity contribution in [1.82, 2.24) is 0 Å². The van der Waals surface area contributed by atoms with Crippen LogP contribution in [0.25, 0.3) is 0 Å². The molecule has 4 heteroatoms. The SMILES string of the molecule is CCOC(=O)C1CCCN(c2cccc(N)c2)C1. The minimum atomic E-state index is -0.0777. The second-order valence-corrected chi connectivity index (χ2v) is 4.63. The number of nitrogen functional groups attached to an aromatic ring is 1. The van der Waals surface area contributed by atoms with Crippen molar-refractivity contribution in [3.8, 4) is 0 Å². The summed E-state index contributed by atoms with van der Waals surface area (Å²) in [5.41, 5.74) is 7.63. The van der Waals surface area contributed by atoms with E-state index in [4.69, 9.17) is 10.5 Å². The number of piperidine rings is 1. The Morgan fingerprint density at radius 3 is 3.11 bits per heavy atom. The van der Waals surface area contributed by atoms with Gasteiger partial charge in [0.05, 0.1) is 12.5 Å². The smallest absolute Gasteiger partial charge is 0.310 e. The van der Waals surface area contributed by atoms with Gasteiger partial charge in [-0.3, -0.25) is 4.79 Å². The quantitative estimate of drug-likeness (QED) is 0.657. The summed E-state index contributed by atoms with van der Waals surface area (Å²) in [5.74, 6) is -0.0915. The summed E-state index contributed by atoms with van der Waals surface area (Å²) < 4.78 is 5.10. The molecule has 0 radical (unpaired) electrons. The van der Waals surface area contributed by atoms with Crippen LogP contribution >= 0.6 is 0 Å². The molecule has 0 saturated carbocycles. The van der Waals surface area contributed by atoms with E-state index in [1.165, 1.54) is 0 Å². The number of esters is 1. The molecule has 0 bridgehead atoms. The van der Waals surface area contributed by atoms with Crippen LogP contribution in [0.3, 0.4) is 0 Å². The Hall–Kier alpha value is -1.71. The van der Waals surface area contributed by atoms with Gasteiger partial charge in [0.15, 0.2) is 0 Å². The molecule has 2 N–H and O–H groups in total. The minimum absolute atomic E-state index is 0.0138. The van der Waals surface area contributed by atoms with Crippen LogP contribution in [0.2, 0.25) is 0 Å². The highest BCUT2D eigenvalue weighted by Crippen LogP contribution is 2.25. The van der Waals surface area contributed by atoms with Crippen LogP contribution in [0.5, 0.6) is 0 Å². The van der Waals surface area contributed by atoms with E-state index in [1.807, 2.05) is 31.2 Å². The lowest BCUT2D eigenvalue weighted by Gasteiger charge is -2.33. The maximum absolute atomic E-state index is 11.8. The summed E-state index contributed by atoms with van der Waals surface area (Å²) in [5, 5.41) is 0. The van der Waals surface area contributed by atoms with Crippen molar-refractivity contribution in [3.05, 3.63) is 24.3 Å². The van der Waals surface area contributed by atoms with Crippen LogP contribution in [-0.2, 0) is 9.53 Å². The summed E-state index contributed by atoms with van der Waals surface area (Å²) in [7, 11) is 0. The van der Waals surface area contributed by atoms with Crippen LogP contribution in [0.1, 0.15) is 19.8 Å². The molecule has 0 spiro atoms. The molecule has 1 aliphatic heterocycles. The zero-order valence-electron chi connectivity index (χ0n) is 10.8. The Morgan fingerprint density at radius 2 is 2.39 bits per heavy atom. The average molecular weight is 248 g/mol. The maximum atomic E-state index is 11.8. The Morgan fingerprint density at radius 1 is 1.56 bits per heavy atom. The van der Waals surface area contributed by atoms with Crippen LogP contribution in [-0.4, -0.2) is 25.7 Å². The highest BCUT2D eigenvalue weighted by Gasteiger charge is 2.26. The van der Waals surface area contributed by atoms with Crippen LogP contribution in [0.4, 0.5) is 11.4 Å². The lowest BCUT2D eigenvalue weighted by atomic mass is 9.97. The monoisotopic (exact) mass is 248 g/mol. The van der Waals surface area contributed by atoms with Gasteiger partial charge in [0, 0.05) is 24.5 Å². The van der Waals surface area contributed by atoms with E-state index in [0.29, 0.717) is 6.61 Å². The number of ether oxygens (including phenoxy) is 1. The van der Waals surface area contributed by atoms with E-state index in [1.54, 1.807) is 0 Å². The number of rotatable bonds is 3. The lowest BCUT2D eigenvalue weighted by molar-refractivity contribution is -0.148. The first-order chi connectivity index (χ1) is 8.70. The van der Waals surface area contributed by atoms with Crippen molar-refractivity contribution in [1.29, 1.82) is 0 Å². The third-order valence-electron chi connectivity index (χ3n) is 3.28. The van der Waals surface area contributed by atoms with Crippen LogP contribution in [0.15, 0.2) is 24.3 Å². The van der Waals surface area contributed by atoms with Gasteiger partial charge in [-0.15, -0.1) is 0 Å². The lowest BCUT2D eigenvalue weighted by Crippen LogP contribution is -2.39. The predicted molar refractivity (Wildman–Crippen MR) is 72.4 cm³/mol. The Labute approximate surface area is 108 Å². The van der Waals surface area contributed by atoms with Gasteiger partial charge in [-0.2, -0.15) is 0 Å². The van der Waals surface area contributed by atoms with Crippen molar-refractivity contribution in [2.24, 2.45) is 5.92 Å². The van der Waals surface area contributed by atoms with Gasteiger partial charge in [0.1, 0.15) is 0 Å². The van der Waals surface area contributed by atoms with E-state index < -0.39 is 0 Å². The second kappa shape index (κ2) is 5.76. The molecule has 0 amide bonds. The van der Waals surface area contributed by atoms with Gasteiger partial charge in [-0.1, -0.05) is 6.07 Å². The van der Waals surface area contributed by atoms with E-state index in [0.717, 1.165) is 37.3 Å². The molecular formula is C14H20N2O2. The molecule has 1 aliphatic rings. The number of benzene rings is 1. The molecule has 1 fully saturated rings. The summed E-state index contributed by atoms with van der Waals surface area (Å²) >= 11 is 0. The van der Waals surface area contributed by atoms with Crippen molar-refractivity contribution < 1.29 is 9.53 Å². The standard InChI is InChI=1S/C14H20N2O2/c1-2-18-14(17)11-5-4-8-16(10-11)13-7-3-6-12(15)9-13/h3,6-7,9,11H,2,4-5,8,10,15H2,1H3. The van der Waals surface area contributed by atoms with E-state index in [9.17, 15) is 4.79 Å². The first kappa shape index (κ1) is 12.7. The maximum Gasteiger partial charge on any atom is 0.310 e. The van der Waals surface area contributed by atoms with E-state index in [-0.39, 0.29) is 11.9 Å². The fraction of sp³-hybridized carbons (Fsp3) is 0.500. The fourth-order valence-electron chi connectivity index (χ4n) is 2.39. The minimum Gasteiger partial charge on any atom is -0.466 e. The zero-order chi connectivity index (χ0) is 13.0. The number of hydrogen-bond acceptors (Lipinski definition) is 4. The van der Waals surface area contributed by atoms with Gasteiger partial charge in [0.25, 0.3) is 0 Å². The molecule has 0 aromatic heterocycles. The molecule has 0 aliphatic carbocycles. The number of nitrogens with zero attached hydrogens (tertiary/aromatic N) is 1. The second-order valence-electron chi connectivity index (χ2n) is 4.63. The van der Waals surface area contributed by atoms with Gasteiger partial charge in [-0.05, 0) is 38.0 Å². The van der Waals surface area contributed by atoms with Crippen molar-refractivity contribution >= 4 is 17.3 Å². The van der Waals surface area contributed by atoms with E-state index in [2.05, 4.69) is 4.90 Å². The first-order valence-corrected chi connectivity index (χ1v) is 6.48. The largest absolute Gasteiger partial charge is 0.466 e. The molecule has 98 valence electrons. The van der Waals surface area contributed by atoms with Crippen LogP contribution < -0.4 is 10.6 Å². The van der Waals surface area contributed by atoms with Crippen molar-refractivity contribution in [2.75, 3.05) is 30.3 Å². The van der Waals surface area contributed by atoms with Crippen LogP contribution in [0, 0.1) is 5.92 Å². The highest BCUT2D eigenvalue weighted by atomic mass is 16.5. The molecule has 1 atom stereocenters. The Balaban J connectivity index is 2.04. The molecule has 1 unspecified atom stereocenters. The van der Waals surface area contributed by atoms with Gasteiger partial charge < -0.3 is 15.4 Å². The normalized spacial score (nSPS) is 19.6. The molecule has 4 nitrogen and oxygen atoms in total. The Kier molecular flexibility index (Phi) is 4.07. The number of hydrogen-bond donors (Lipinski definition) is 1. The molecule has 1 aromatic carbocycles. The van der Waals surface area contributed by atoms with E-state index >= 15 is 0 Å². The number of anilines is 2. The summed E-state index contributed by atoms with van der Waals surface area (Å²) in [4.78, 5) is 14.0. The molecule has 1 saturated heterocycles.